The minimum Gasteiger partial charge on any atom is -0.493 e. The SMILES string of the molecule is CCOc1cc(CC)c(F)cc1C(=O)OC. The molecule has 0 N–H and O–H groups in total. The smallest absolute Gasteiger partial charge is 0.341 e. The minimum atomic E-state index is -0.593. The second-order valence-electron chi connectivity index (χ2n) is 3.22. The average molecular weight is 226 g/mol. The fraction of sp³-hybridized carbons (Fsp3) is 0.417. The molecule has 1 rings (SSSR count). The average Bonchev–Trinajstić information content (AvgIpc) is 2.30. The number of halogens is 1. The Morgan fingerprint density at radius 3 is 2.56 bits per heavy atom. The van der Waals surface area contributed by atoms with Crippen molar-refractivity contribution in [1.29, 1.82) is 0 Å². The number of esters is 1. The summed E-state index contributed by atoms with van der Waals surface area (Å²) in [6.07, 6.45) is 0.549. The molecule has 0 fully saturated rings. The number of carbonyl (C=O) groups is 1. The molecule has 3 nitrogen and oxygen atoms in total. The van der Waals surface area contributed by atoms with Gasteiger partial charge in [-0.2, -0.15) is 0 Å². The van der Waals surface area contributed by atoms with Gasteiger partial charge in [0.1, 0.15) is 17.1 Å². The molecule has 16 heavy (non-hydrogen) atoms. The van der Waals surface area contributed by atoms with E-state index in [1.807, 2.05) is 6.92 Å². The molecular weight excluding hydrogens is 211 g/mol. The number of rotatable bonds is 4. The predicted molar refractivity (Wildman–Crippen MR) is 58.3 cm³/mol. The number of hydrogen-bond donors (Lipinski definition) is 0. The van der Waals surface area contributed by atoms with Gasteiger partial charge in [-0.15, -0.1) is 0 Å². The first kappa shape index (κ1) is 12.5. The Hall–Kier alpha value is -1.58. The third-order valence-electron chi connectivity index (χ3n) is 2.23. The number of carbonyl (C=O) groups excluding carboxylic acids is 1. The molecule has 0 saturated carbocycles. The molecule has 0 spiro atoms. The molecular formula is C12H15FO3. The molecule has 1 aromatic carbocycles. The summed E-state index contributed by atoms with van der Waals surface area (Å²) in [6.45, 7) is 4.06. The predicted octanol–water partition coefficient (Wildman–Crippen LogP) is 2.57. The number of benzene rings is 1. The van der Waals surface area contributed by atoms with E-state index in [1.54, 1.807) is 13.0 Å². The summed E-state index contributed by atoms with van der Waals surface area (Å²) in [5.41, 5.74) is 0.648. The lowest BCUT2D eigenvalue weighted by Gasteiger charge is -2.11. The Kier molecular flexibility index (Phi) is 4.28. The number of ether oxygens (including phenoxy) is 2. The van der Waals surface area contributed by atoms with Crippen molar-refractivity contribution in [2.24, 2.45) is 0 Å². The van der Waals surface area contributed by atoms with Crippen LogP contribution < -0.4 is 4.74 Å². The lowest BCUT2D eigenvalue weighted by atomic mass is 10.1. The molecule has 0 heterocycles. The first-order chi connectivity index (χ1) is 7.63. The van der Waals surface area contributed by atoms with Gasteiger partial charge in [0, 0.05) is 0 Å². The van der Waals surface area contributed by atoms with Crippen LogP contribution in [0.1, 0.15) is 29.8 Å². The van der Waals surface area contributed by atoms with E-state index in [0.717, 1.165) is 6.07 Å². The van der Waals surface area contributed by atoms with Crippen LogP contribution in [0.25, 0.3) is 0 Å². The van der Waals surface area contributed by atoms with E-state index >= 15 is 0 Å². The van der Waals surface area contributed by atoms with Gasteiger partial charge in [-0.1, -0.05) is 6.92 Å². The van der Waals surface area contributed by atoms with Crippen molar-refractivity contribution in [1.82, 2.24) is 0 Å². The highest BCUT2D eigenvalue weighted by Gasteiger charge is 2.16. The van der Waals surface area contributed by atoms with E-state index in [1.165, 1.54) is 7.11 Å². The summed E-state index contributed by atoms with van der Waals surface area (Å²) in [5.74, 6) is -0.635. The Balaban J connectivity index is 3.24. The molecule has 0 bridgehead atoms. The molecule has 0 aromatic heterocycles. The summed E-state index contributed by atoms with van der Waals surface area (Å²) in [6, 6.07) is 2.71. The van der Waals surface area contributed by atoms with E-state index in [-0.39, 0.29) is 5.56 Å². The summed E-state index contributed by atoms with van der Waals surface area (Å²) in [4.78, 5) is 11.4. The Labute approximate surface area is 94.2 Å². The maximum absolute atomic E-state index is 13.5. The van der Waals surface area contributed by atoms with Crippen molar-refractivity contribution in [3.05, 3.63) is 29.1 Å². The molecule has 0 unspecified atom stereocenters. The van der Waals surface area contributed by atoms with E-state index < -0.39 is 11.8 Å². The first-order valence-electron chi connectivity index (χ1n) is 5.17. The molecule has 0 radical (unpaired) electrons. The number of methoxy groups -OCH3 is 1. The Morgan fingerprint density at radius 1 is 1.38 bits per heavy atom. The maximum atomic E-state index is 13.5. The third kappa shape index (κ3) is 2.51. The van der Waals surface area contributed by atoms with Crippen LogP contribution in [0, 0.1) is 5.82 Å². The molecule has 0 aliphatic carbocycles. The maximum Gasteiger partial charge on any atom is 0.341 e. The van der Waals surface area contributed by atoms with Crippen LogP contribution in [0.5, 0.6) is 5.75 Å². The number of hydrogen-bond acceptors (Lipinski definition) is 3. The summed E-state index contributed by atoms with van der Waals surface area (Å²) in [5, 5.41) is 0. The minimum absolute atomic E-state index is 0.124. The van der Waals surface area contributed by atoms with Gasteiger partial charge in [0.25, 0.3) is 0 Å². The van der Waals surface area contributed by atoms with Gasteiger partial charge in [0.15, 0.2) is 0 Å². The molecule has 1 aromatic rings. The third-order valence-corrected chi connectivity index (χ3v) is 2.23. The fourth-order valence-corrected chi connectivity index (χ4v) is 1.41. The van der Waals surface area contributed by atoms with Crippen LogP contribution in [-0.2, 0) is 11.2 Å². The van der Waals surface area contributed by atoms with E-state index in [2.05, 4.69) is 4.74 Å². The van der Waals surface area contributed by atoms with Crippen LogP contribution in [0.3, 0.4) is 0 Å². The quantitative estimate of drug-likeness (QED) is 0.740. The van der Waals surface area contributed by atoms with Gasteiger partial charge in [-0.05, 0) is 31.0 Å². The lowest BCUT2D eigenvalue weighted by molar-refractivity contribution is 0.0595. The molecule has 0 aliphatic heterocycles. The Bertz CT molecular complexity index is 388. The van der Waals surface area contributed by atoms with Gasteiger partial charge in [-0.3, -0.25) is 0 Å². The molecule has 0 saturated heterocycles. The molecule has 0 amide bonds. The highest BCUT2D eigenvalue weighted by molar-refractivity contribution is 5.92. The zero-order valence-corrected chi connectivity index (χ0v) is 9.67. The second-order valence-corrected chi connectivity index (χ2v) is 3.22. The van der Waals surface area contributed by atoms with Crippen LogP contribution >= 0.6 is 0 Å². The van der Waals surface area contributed by atoms with Gasteiger partial charge >= 0.3 is 5.97 Å². The van der Waals surface area contributed by atoms with Gasteiger partial charge in [0.05, 0.1) is 13.7 Å². The van der Waals surface area contributed by atoms with Gasteiger partial charge in [-0.25, -0.2) is 9.18 Å². The van der Waals surface area contributed by atoms with Crippen LogP contribution in [0.2, 0.25) is 0 Å². The lowest BCUT2D eigenvalue weighted by Crippen LogP contribution is -2.07. The van der Waals surface area contributed by atoms with E-state index in [4.69, 9.17) is 4.74 Å². The van der Waals surface area contributed by atoms with Crippen molar-refractivity contribution in [3.63, 3.8) is 0 Å². The van der Waals surface area contributed by atoms with Gasteiger partial charge < -0.3 is 9.47 Å². The first-order valence-corrected chi connectivity index (χ1v) is 5.17. The monoisotopic (exact) mass is 226 g/mol. The summed E-state index contributed by atoms with van der Waals surface area (Å²) >= 11 is 0. The second kappa shape index (κ2) is 5.49. The zero-order valence-electron chi connectivity index (χ0n) is 9.67. The largest absolute Gasteiger partial charge is 0.493 e. The van der Waals surface area contributed by atoms with Crippen LogP contribution in [0.15, 0.2) is 12.1 Å². The van der Waals surface area contributed by atoms with Crippen molar-refractivity contribution < 1.29 is 18.7 Å². The topological polar surface area (TPSA) is 35.5 Å². The standard InChI is InChI=1S/C12H15FO3/c1-4-8-6-11(16-5-2)9(7-10(8)13)12(14)15-3/h6-7H,4-5H2,1-3H3. The van der Waals surface area contributed by atoms with Crippen molar-refractivity contribution in [3.8, 4) is 5.75 Å². The van der Waals surface area contributed by atoms with Crippen LogP contribution in [-0.4, -0.2) is 19.7 Å². The zero-order chi connectivity index (χ0) is 12.1. The van der Waals surface area contributed by atoms with E-state index in [9.17, 15) is 9.18 Å². The molecule has 4 heteroatoms. The van der Waals surface area contributed by atoms with Gasteiger partial charge in [0.2, 0.25) is 0 Å². The highest BCUT2D eigenvalue weighted by Crippen LogP contribution is 2.24. The summed E-state index contributed by atoms with van der Waals surface area (Å²) in [7, 11) is 1.25. The fourth-order valence-electron chi connectivity index (χ4n) is 1.41. The van der Waals surface area contributed by atoms with Crippen molar-refractivity contribution in [2.45, 2.75) is 20.3 Å². The van der Waals surface area contributed by atoms with Crippen LogP contribution in [0.4, 0.5) is 4.39 Å². The molecule has 0 atom stereocenters. The molecule has 0 aliphatic rings. The highest BCUT2D eigenvalue weighted by atomic mass is 19.1. The van der Waals surface area contributed by atoms with Crippen molar-refractivity contribution >= 4 is 5.97 Å². The molecule has 88 valence electrons. The van der Waals surface area contributed by atoms with Crippen molar-refractivity contribution in [2.75, 3.05) is 13.7 Å². The normalized spacial score (nSPS) is 10.0. The number of aryl methyl sites for hydroxylation is 1. The summed E-state index contributed by atoms with van der Waals surface area (Å²) < 4.78 is 23.4. The van der Waals surface area contributed by atoms with E-state index in [0.29, 0.717) is 24.3 Å². The Morgan fingerprint density at radius 2 is 2.06 bits per heavy atom.